The zero-order valence-corrected chi connectivity index (χ0v) is 8.72. The largest absolute Gasteiger partial charge is 0.508 e. The maximum Gasteiger partial charge on any atom is 0.115 e. The highest BCUT2D eigenvalue weighted by Gasteiger charge is 2.09. The van der Waals surface area contributed by atoms with Crippen molar-refractivity contribution in [2.24, 2.45) is 0 Å². The van der Waals surface area contributed by atoms with Gasteiger partial charge in [0, 0.05) is 12.6 Å². The van der Waals surface area contributed by atoms with Gasteiger partial charge in [-0.1, -0.05) is 18.2 Å². The van der Waals surface area contributed by atoms with Crippen molar-refractivity contribution in [3.63, 3.8) is 0 Å². The molecule has 2 heteroatoms. The van der Waals surface area contributed by atoms with Crippen LogP contribution in [-0.2, 0) is 6.42 Å². The Morgan fingerprint density at radius 1 is 1.06 bits per heavy atom. The predicted octanol–water partition coefficient (Wildman–Crippen LogP) is 2.86. The Morgan fingerprint density at radius 3 is 2.94 bits per heavy atom. The Morgan fingerprint density at radius 2 is 2.00 bits per heavy atom. The Hall–Kier alpha value is -2.09. The number of fused-ring (bicyclic) bond motifs is 2. The summed E-state index contributed by atoms with van der Waals surface area (Å²) < 4.78 is 0. The molecule has 1 heterocycles. The first-order chi connectivity index (χ1) is 7.83. The van der Waals surface area contributed by atoms with Crippen molar-refractivity contribution in [2.75, 3.05) is 0 Å². The second-order valence-electron chi connectivity index (χ2n) is 3.94. The van der Waals surface area contributed by atoms with E-state index in [0.29, 0.717) is 5.75 Å². The van der Waals surface area contributed by atoms with E-state index in [1.807, 2.05) is 30.4 Å². The minimum absolute atomic E-state index is 0.319. The van der Waals surface area contributed by atoms with Crippen LogP contribution in [0.4, 0.5) is 0 Å². The summed E-state index contributed by atoms with van der Waals surface area (Å²) in [4.78, 5) is 4.34. The number of rotatable bonds is 0. The summed E-state index contributed by atoms with van der Waals surface area (Å²) in [6, 6.07) is 9.49. The predicted molar refractivity (Wildman–Crippen MR) is 64.1 cm³/mol. The molecule has 2 nitrogen and oxygen atoms in total. The van der Waals surface area contributed by atoms with Crippen LogP contribution in [0.5, 0.6) is 5.75 Å². The number of pyridine rings is 1. The molecule has 3 rings (SSSR count). The Balaban J connectivity index is 2.18. The maximum atomic E-state index is 9.49. The Labute approximate surface area is 93.9 Å². The van der Waals surface area contributed by atoms with Gasteiger partial charge in [0.2, 0.25) is 0 Å². The van der Waals surface area contributed by atoms with Gasteiger partial charge >= 0.3 is 0 Å². The fourth-order valence-corrected chi connectivity index (χ4v) is 2.03. The van der Waals surface area contributed by atoms with Gasteiger partial charge in [0.1, 0.15) is 5.75 Å². The van der Waals surface area contributed by atoms with Crippen molar-refractivity contribution < 1.29 is 5.11 Å². The molecule has 1 aliphatic rings. The highest BCUT2D eigenvalue weighted by molar-refractivity contribution is 5.74. The quantitative estimate of drug-likeness (QED) is 0.617. The van der Waals surface area contributed by atoms with Gasteiger partial charge in [-0.15, -0.1) is 0 Å². The van der Waals surface area contributed by atoms with Gasteiger partial charge < -0.3 is 5.11 Å². The van der Waals surface area contributed by atoms with Gasteiger partial charge in [-0.05, 0) is 41.0 Å². The molecule has 0 unspecified atom stereocenters. The number of hydrogen-bond donors (Lipinski definition) is 1. The maximum absolute atomic E-state index is 9.49. The lowest BCUT2D eigenvalue weighted by Crippen LogP contribution is -1.93. The minimum Gasteiger partial charge on any atom is -0.508 e. The lowest BCUT2D eigenvalue weighted by Gasteiger charge is -2.05. The number of aromatic nitrogens is 1. The van der Waals surface area contributed by atoms with E-state index < -0.39 is 0 Å². The minimum atomic E-state index is 0.319. The number of nitrogens with zero attached hydrogens (tertiary/aromatic N) is 1. The average molecular weight is 209 g/mol. The second-order valence-corrected chi connectivity index (χ2v) is 3.94. The lowest BCUT2D eigenvalue weighted by atomic mass is 10.0. The van der Waals surface area contributed by atoms with E-state index in [9.17, 15) is 5.11 Å². The van der Waals surface area contributed by atoms with Crippen LogP contribution in [0.15, 0.2) is 36.5 Å². The average Bonchev–Trinajstić information content (AvgIpc) is 2.47. The number of benzene rings is 1. The SMILES string of the molecule is Oc1ccc2c(c1)Cc1cccnc1C=C2. The van der Waals surface area contributed by atoms with Gasteiger partial charge in [0.05, 0.1) is 5.69 Å². The third-order valence-corrected chi connectivity index (χ3v) is 2.85. The molecule has 0 fully saturated rings. The van der Waals surface area contributed by atoms with Crippen molar-refractivity contribution >= 4 is 12.2 Å². The molecular formula is C14H11NO. The summed E-state index contributed by atoms with van der Waals surface area (Å²) in [5, 5.41) is 9.49. The molecule has 1 N–H and O–H groups in total. The van der Waals surface area contributed by atoms with Gasteiger partial charge in [0.15, 0.2) is 0 Å². The van der Waals surface area contributed by atoms with Crippen LogP contribution in [0.3, 0.4) is 0 Å². The van der Waals surface area contributed by atoms with Crippen LogP contribution in [-0.4, -0.2) is 10.1 Å². The summed E-state index contributed by atoms with van der Waals surface area (Å²) in [5.74, 6) is 0.319. The number of phenolic OH excluding ortho intramolecular Hbond substituents is 1. The van der Waals surface area contributed by atoms with Crippen LogP contribution < -0.4 is 0 Å². The van der Waals surface area contributed by atoms with Gasteiger partial charge in [-0.25, -0.2) is 0 Å². The molecule has 0 saturated carbocycles. The summed E-state index contributed by atoms with van der Waals surface area (Å²) in [7, 11) is 0. The molecule has 0 bridgehead atoms. The number of hydrogen-bond acceptors (Lipinski definition) is 2. The topological polar surface area (TPSA) is 33.1 Å². The molecule has 0 spiro atoms. The van der Waals surface area contributed by atoms with Crippen molar-refractivity contribution in [1.82, 2.24) is 4.98 Å². The molecule has 78 valence electrons. The van der Waals surface area contributed by atoms with Crippen molar-refractivity contribution in [1.29, 1.82) is 0 Å². The first-order valence-electron chi connectivity index (χ1n) is 5.27. The normalized spacial score (nSPS) is 12.8. The molecule has 16 heavy (non-hydrogen) atoms. The van der Waals surface area contributed by atoms with E-state index in [0.717, 1.165) is 23.2 Å². The molecule has 1 aromatic heterocycles. The Bertz CT molecular complexity index is 573. The smallest absolute Gasteiger partial charge is 0.115 e. The third kappa shape index (κ3) is 1.48. The third-order valence-electron chi connectivity index (χ3n) is 2.85. The van der Waals surface area contributed by atoms with Crippen LogP contribution in [0, 0.1) is 0 Å². The van der Waals surface area contributed by atoms with E-state index in [1.54, 1.807) is 12.3 Å². The zero-order chi connectivity index (χ0) is 11.0. The molecule has 0 amide bonds. The second kappa shape index (κ2) is 3.49. The first kappa shape index (κ1) is 9.16. The van der Waals surface area contributed by atoms with E-state index >= 15 is 0 Å². The van der Waals surface area contributed by atoms with Crippen LogP contribution in [0.25, 0.3) is 12.2 Å². The van der Waals surface area contributed by atoms with E-state index in [4.69, 9.17) is 0 Å². The van der Waals surface area contributed by atoms with Crippen molar-refractivity contribution in [2.45, 2.75) is 6.42 Å². The van der Waals surface area contributed by atoms with Gasteiger partial charge in [0.25, 0.3) is 0 Å². The monoisotopic (exact) mass is 209 g/mol. The van der Waals surface area contributed by atoms with Crippen LogP contribution in [0.1, 0.15) is 22.4 Å². The molecule has 0 radical (unpaired) electrons. The number of phenols is 1. The van der Waals surface area contributed by atoms with Gasteiger partial charge in [-0.3, -0.25) is 4.98 Å². The number of aromatic hydroxyl groups is 1. The van der Waals surface area contributed by atoms with Crippen LogP contribution >= 0.6 is 0 Å². The van der Waals surface area contributed by atoms with Gasteiger partial charge in [-0.2, -0.15) is 0 Å². The molecule has 1 aromatic carbocycles. The highest BCUT2D eigenvalue weighted by atomic mass is 16.3. The lowest BCUT2D eigenvalue weighted by molar-refractivity contribution is 0.474. The summed E-state index contributed by atoms with van der Waals surface area (Å²) in [6.07, 6.45) is 6.70. The summed E-state index contributed by atoms with van der Waals surface area (Å²) in [6.45, 7) is 0. The highest BCUT2D eigenvalue weighted by Crippen LogP contribution is 2.26. The van der Waals surface area contributed by atoms with Crippen molar-refractivity contribution in [3.8, 4) is 5.75 Å². The molecule has 1 aliphatic carbocycles. The van der Waals surface area contributed by atoms with E-state index in [-0.39, 0.29) is 0 Å². The standard InChI is InChI=1S/C14H11NO/c16-13-5-3-10-4-6-14-11(2-1-7-15-14)8-12(10)9-13/h1-7,9,16H,8H2. The molecular weight excluding hydrogens is 198 g/mol. The van der Waals surface area contributed by atoms with Crippen LogP contribution in [0.2, 0.25) is 0 Å². The van der Waals surface area contributed by atoms with E-state index in [2.05, 4.69) is 11.1 Å². The van der Waals surface area contributed by atoms with Crippen molar-refractivity contribution in [3.05, 3.63) is 58.9 Å². The first-order valence-corrected chi connectivity index (χ1v) is 5.27. The zero-order valence-electron chi connectivity index (χ0n) is 8.72. The summed E-state index contributed by atoms with van der Waals surface area (Å²) >= 11 is 0. The molecule has 0 aliphatic heterocycles. The Kier molecular flexibility index (Phi) is 2.00. The fraction of sp³-hybridized carbons (Fsp3) is 0.0714. The molecule has 0 saturated heterocycles. The molecule has 2 aromatic rings. The van der Waals surface area contributed by atoms with E-state index in [1.165, 1.54) is 5.56 Å². The molecule has 0 atom stereocenters. The summed E-state index contributed by atoms with van der Waals surface area (Å²) in [5.41, 5.74) is 4.50. The fourth-order valence-electron chi connectivity index (χ4n) is 2.03.